The number of thiophene rings is 2. The van der Waals surface area contributed by atoms with Crippen molar-refractivity contribution in [3.8, 4) is 11.1 Å². The van der Waals surface area contributed by atoms with Crippen LogP contribution in [0.15, 0.2) is 46.3 Å². The second kappa shape index (κ2) is 9.01. The van der Waals surface area contributed by atoms with Gasteiger partial charge < -0.3 is 16.8 Å². The van der Waals surface area contributed by atoms with Crippen LogP contribution in [0, 0.1) is 5.92 Å². The maximum absolute atomic E-state index is 13.1. The van der Waals surface area contributed by atoms with Gasteiger partial charge in [-0.1, -0.05) is 41.9 Å². The van der Waals surface area contributed by atoms with Gasteiger partial charge in [0.1, 0.15) is 14.7 Å². The van der Waals surface area contributed by atoms with Gasteiger partial charge in [0.15, 0.2) is 0 Å². The van der Waals surface area contributed by atoms with Gasteiger partial charge in [0.2, 0.25) is 0 Å². The van der Waals surface area contributed by atoms with E-state index in [1.165, 1.54) is 22.7 Å². The molecule has 0 aliphatic carbocycles. The molecule has 1 aromatic carbocycles. The van der Waals surface area contributed by atoms with E-state index in [1.54, 1.807) is 0 Å². The van der Waals surface area contributed by atoms with Gasteiger partial charge in [0.05, 0.1) is 11.3 Å². The molecule has 0 saturated heterocycles. The Morgan fingerprint density at radius 3 is 2.53 bits per heavy atom. The highest BCUT2D eigenvalue weighted by Crippen LogP contribution is 2.38. The van der Waals surface area contributed by atoms with E-state index in [4.69, 9.17) is 11.5 Å². The molecule has 5 N–H and O–H groups in total. The zero-order chi connectivity index (χ0) is 23.0. The number of rotatable bonds is 6. The van der Waals surface area contributed by atoms with E-state index in [-0.39, 0.29) is 11.5 Å². The lowest BCUT2D eigenvalue weighted by molar-refractivity contribution is 0.100. The van der Waals surface area contributed by atoms with E-state index in [0.717, 1.165) is 32.4 Å². The molecule has 0 radical (unpaired) electrons. The predicted molar refractivity (Wildman–Crippen MR) is 137 cm³/mol. The molecule has 6 nitrogen and oxygen atoms in total. The Hall–Kier alpha value is -2.75. The molecule has 32 heavy (non-hydrogen) atoms. The van der Waals surface area contributed by atoms with Crippen molar-refractivity contribution in [2.75, 3.05) is 11.1 Å². The minimum absolute atomic E-state index is 0.280. The number of nitrogens with one attached hydrogen (secondary N) is 1. The lowest BCUT2D eigenvalue weighted by Crippen LogP contribution is -2.17. The van der Waals surface area contributed by atoms with Crippen molar-refractivity contribution < 1.29 is 9.59 Å². The maximum Gasteiger partial charge on any atom is 0.268 e. The molecule has 2 amide bonds. The number of hydrogen-bond acceptors (Lipinski definition) is 6. The Labute approximate surface area is 201 Å². The van der Waals surface area contributed by atoms with Gasteiger partial charge in [0.25, 0.3) is 11.8 Å². The largest absolute Gasteiger partial charge is 0.397 e. The highest BCUT2D eigenvalue weighted by Gasteiger charge is 2.23. The average molecular weight is 529 g/mol. The van der Waals surface area contributed by atoms with Crippen molar-refractivity contribution >= 4 is 71.3 Å². The minimum atomic E-state index is -0.608. The topological polar surface area (TPSA) is 111 Å². The second-order valence-corrected chi connectivity index (χ2v) is 10.6. The summed E-state index contributed by atoms with van der Waals surface area (Å²) in [6.45, 7) is 4.26. The fraction of sp³-hybridized carbons (Fsp3) is 0.174. The van der Waals surface area contributed by atoms with Crippen LogP contribution in [0.1, 0.15) is 39.6 Å². The summed E-state index contributed by atoms with van der Waals surface area (Å²) in [5.74, 6) is -0.516. The lowest BCUT2D eigenvalue weighted by Gasteiger charge is -2.06. The van der Waals surface area contributed by atoms with Crippen LogP contribution in [0.4, 0.5) is 10.7 Å². The molecule has 0 atom stereocenters. The van der Waals surface area contributed by atoms with Crippen LogP contribution in [0.3, 0.4) is 0 Å². The monoisotopic (exact) mass is 528 g/mol. The zero-order valence-electron chi connectivity index (χ0n) is 17.4. The Morgan fingerprint density at radius 1 is 1.16 bits per heavy atom. The molecule has 0 spiro atoms. The van der Waals surface area contributed by atoms with E-state index < -0.39 is 5.91 Å². The van der Waals surface area contributed by atoms with Crippen molar-refractivity contribution in [1.82, 2.24) is 4.98 Å². The molecule has 3 aromatic heterocycles. The first-order chi connectivity index (χ1) is 15.2. The van der Waals surface area contributed by atoms with Gasteiger partial charge in [-0.05, 0) is 42.2 Å². The number of fused-ring (bicyclic) bond motifs is 1. The van der Waals surface area contributed by atoms with Crippen molar-refractivity contribution in [2.45, 2.75) is 20.3 Å². The Bertz CT molecular complexity index is 1330. The predicted octanol–water partition coefficient (Wildman–Crippen LogP) is 5.92. The number of amides is 2. The number of carbonyl (C=O) groups excluding carboxylic acids is 2. The number of benzene rings is 1. The van der Waals surface area contributed by atoms with Gasteiger partial charge in [0, 0.05) is 26.5 Å². The molecular formula is C23H21BrN4O2S2. The van der Waals surface area contributed by atoms with Crippen LogP contribution in [-0.4, -0.2) is 16.8 Å². The molecule has 0 saturated carbocycles. The molecular weight excluding hydrogens is 508 g/mol. The maximum atomic E-state index is 13.1. The molecule has 0 bridgehead atoms. The summed E-state index contributed by atoms with van der Waals surface area (Å²) >= 11 is 5.90. The number of pyridine rings is 1. The van der Waals surface area contributed by atoms with E-state index in [0.29, 0.717) is 27.0 Å². The average Bonchev–Trinajstić information content (AvgIpc) is 3.29. The summed E-state index contributed by atoms with van der Waals surface area (Å²) < 4.78 is 0.927. The molecule has 4 rings (SSSR count). The first kappa shape index (κ1) is 22.4. The minimum Gasteiger partial charge on any atom is -0.397 e. The Balaban J connectivity index is 1.67. The van der Waals surface area contributed by atoms with Crippen molar-refractivity contribution in [1.29, 1.82) is 0 Å². The van der Waals surface area contributed by atoms with E-state index in [1.807, 2.05) is 41.8 Å². The number of primary amides is 1. The van der Waals surface area contributed by atoms with Crippen molar-refractivity contribution in [2.24, 2.45) is 11.7 Å². The SMILES string of the molecule is CC(C)Cc1ccc2c(N)c(C(=O)Nc3scc(-c4ccc(Br)cc4)c3C(N)=O)sc2n1. The van der Waals surface area contributed by atoms with Crippen molar-refractivity contribution in [3.63, 3.8) is 0 Å². The van der Waals surface area contributed by atoms with Gasteiger partial charge in [-0.25, -0.2) is 4.98 Å². The number of nitrogens with zero attached hydrogens (tertiary/aromatic N) is 1. The number of halogens is 1. The highest BCUT2D eigenvalue weighted by atomic mass is 79.9. The van der Waals surface area contributed by atoms with E-state index >= 15 is 0 Å². The number of nitrogen functional groups attached to an aromatic ring is 1. The first-order valence-electron chi connectivity index (χ1n) is 9.91. The second-order valence-electron chi connectivity index (χ2n) is 7.78. The third-order valence-electron chi connectivity index (χ3n) is 4.89. The van der Waals surface area contributed by atoms with Crippen LogP contribution < -0.4 is 16.8 Å². The molecule has 9 heteroatoms. The van der Waals surface area contributed by atoms with Gasteiger partial charge in [-0.15, -0.1) is 22.7 Å². The number of hydrogen-bond donors (Lipinski definition) is 3. The van der Waals surface area contributed by atoms with Gasteiger partial charge >= 0.3 is 0 Å². The molecule has 0 aliphatic rings. The third-order valence-corrected chi connectivity index (χ3v) is 7.43. The van der Waals surface area contributed by atoms with E-state index in [2.05, 4.69) is 40.1 Å². The zero-order valence-corrected chi connectivity index (χ0v) is 20.7. The Morgan fingerprint density at radius 2 is 1.88 bits per heavy atom. The van der Waals surface area contributed by atoms with E-state index in [9.17, 15) is 9.59 Å². The van der Waals surface area contributed by atoms with Crippen LogP contribution in [0.5, 0.6) is 0 Å². The van der Waals surface area contributed by atoms with Gasteiger partial charge in [-0.3, -0.25) is 9.59 Å². The molecule has 164 valence electrons. The van der Waals surface area contributed by atoms with Crippen molar-refractivity contribution in [3.05, 3.63) is 62.4 Å². The summed E-state index contributed by atoms with van der Waals surface area (Å²) in [6.07, 6.45) is 0.852. The highest BCUT2D eigenvalue weighted by molar-refractivity contribution is 9.10. The smallest absolute Gasteiger partial charge is 0.268 e. The van der Waals surface area contributed by atoms with Crippen LogP contribution in [0.2, 0.25) is 0 Å². The fourth-order valence-electron chi connectivity index (χ4n) is 3.43. The standard InChI is InChI=1S/C23H21BrN4O2S2/c1-11(2)9-14-7-8-15-18(25)19(32-22(15)27-14)21(30)28-23-17(20(26)29)16(10-31-23)12-3-5-13(24)6-4-12/h3-8,10-11H,9,25H2,1-2H3,(H2,26,29)(H,28,30). The molecule has 0 fully saturated rings. The molecule has 0 aliphatic heterocycles. The van der Waals surface area contributed by atoms with Crippen LogP contribution in [0.25, 0.3) is 21.3 Å². The fourth-order valence-corrected chi connectivity index (χ4v) is 5.67. The number of carbonyl (C=O) groups is 2. The summed E-state index contributed by atoms with van der Waals surface area (Å²) in [6, 6.07) is 11.4. The lowest BCUT2D eigenvalue weighted by atomic mass is 10.0. The number of aromatic nitrogens is 1. The van der Waals surface area contributed by atoms with Crippen LogP contribution >= 0.6 is 38.6 Å². The molecule has 4 aromatic rings. The Kier molecular flexibility index (Phi) is 6.32. The summed E-state index contributed by atoms with van der Waals surface area (Å²) in [4.78, 5) is 31.1. The molecule has 0 unspecified atom stereocenters. The first-order valence-corrected chi connectivity index (χ1v) is 12.4. The quantitative estimate of drug-likeness (QED) is 0.288. The third kappa shape index (κ3) is 4.41. The van der Waals surface area contributed by atoms with Crippen LogP contribution in [-0.2, 0) is 6.42 Å². The number of nitrogens with two attached hydrogens (primary N) is 2. The summed E-state index contributed by atoms with van der Waals surface area (Å²) in [7, 11) is 0. The molecule has 3 heterocycles. The van der Waals surface area contributed by atoms with Gasteiger partial charge in [-0.2, -0.15) is 0 Å². The summed E-state index contributed by atoms with van der Waals surface area (Å²) in [5.41, 5.74) is 15.1. The normalized spacial score (nSPS) is 11.2. The summed E-state index contributed by atoms with van der Waals surface area (Å²) in [5, 5.41) is 5.79. The number of anilines is 2.